The Labute approximate surface area is 135 Å². The van der Waals surface area contributed by atoms with Gasteiger partial charge in [0.15, 0.2) is 0 Å². The molecule has 0 aromatic rings. The number of nitrogens with one attached hydrogen (secondary N) is 2. The fourth-order valence-corrected chi connectivity index (χ4v) is 1.38. The van der Waals surface area contributed by atoms with Gasteiger partial charge in [0.25, 0.3) is 0 Å². The van der Waals surface area contributed by atoms with Gasteiger partial charge in [0.2, 0.25) is 5.90 Å². The third kappa shape index (κ3) is 11.7. The lowest BCUT2D eigenvalue weighted by Gasteiger charge is -2.23. The number of urea groups is 1. The van der Waals surface area contributed by atoms with Crippen molar-refractivity contribution in [2.75, 3.05) is 6.61 Å². The number of hydrogen-bond acceptors (Lipinski definition) is 6. The Kier molecular flexibility index (Phi) is 9.05. The summed E-state index contributed by atoms with van der Waals surface area (Å²) in [6, 6.07) is -1.62. The molecule has 130 valence electrons. The van der Waals surface area contributed by atoms with E-state index < -0.39 is 23.8 Å². The minimum Gasteiger partial charge on any atom is -0.474 e. The predicted octanol–water partition coefficient (Wildman–Crippen LogP) is 1.04. The summed E-state index contributed by atoms with van der Waals surface area (Å²) >= 11 is 0. The van der Waals surface area contributed by atoms with Gasteiger partial charge in [-0.05, 0) is 27.2 Å². The molecule has 0 saturated carbocycles. The highest BCUT2D eigenvalue weighted by Gasteiger charge is 2.18. The molecule has 9 heteroatoms. The number of aldehydes is 1. The van der Waals surface area contributed by atoms with E-state index in [1.807, 2.05) is 0 Å². The topological polar surface area (TPSA) is 132 Å². The van der Waals surface area contributed by atoms with Gasteiger partial charge in [-0.15, -0.1) is 5.10 Å². The maximum Gasteiger partial charge on any atom is 0.408 e. The summed E-state index contributed by atoms with van der Waals surface area (Å²) in [5.74, 6) is 0.185. The van der Waals surface area contributed by atoms with Crippen LogP contribution in [-0.4, -0.2) is 42.6 Å². The first-order valence-corrected chi connectivity index (χ1v) is 6.98. The molecule has 0 radical (unpaired) electrons. The first-order chi connectivity index (χ1) is 10.7. The Morgan fingerprint density at radius 3 is 2.52 bits per heavy atom. The second kappa shape index (κ2) is 10.2. The van der Waals surface area contributed by atoms with Crippen molar-refractivity contribution >= 4 is 24.3 Å². The van der Waals surface area contributed by atoms with E-state index in [0.717, 1.165) is 0 Å². The van der Waals surface area contributed by atoms with E-state index in [-0.39, 0.29) is 25.3 Å². The Hall–Kier alpha value is -2.58. The summed E-state index contributed by atoms with van der Waals surface area (Å²) in [4.78, 5) is 33.1. The number of amides is 3. The lowest BCUT2D eigenvalue weighted by atomic mass is 10.1. The predicted molar refractivity (Wildman–Crippen MR) is 84.8 cm³/mol. The number of carbonyl (C=O) groups is 3. The lowest BCUT2D eigenvalue weighted by Crippen LogP contribution is -2.37. The molecule has 0 unspecified atom stereocenters. The first-order valence-electron chi connectivity index (χ1n) is 6.98. The van der Waals surface area contributed by atoms with Crippen LogP contribution >= 0.6 is 0 Å². The minimum absolute atomic E-state index is 0.0415. The standard InChI is InChI=1S/C14H24N4O5/c1-5-8-22-13(21)16-10(9-19)6-7-11(17-18-12(15)20)23-14(2,3)4/h5,9-10H,1,6-8H2,2-4H3,(H,16,21)(H3,15,18,20)/t10-/m0/s1. The highest BCUT2D eigenvalue weighted by atomic mass is 16.5. The van der Waals surface area contributed by atoms with E-state index in [1.54, 1.807) is 20.8 Å². The van der Waals surface area contributed by atoms with Gasteiger partial charge in [0.05, 0.1) is 6.04 Å². The van der Waals surface area contributed by atoms with Gasteiger partial charge < -0.3 is 25.3 Å². The third-order valence-electron chi connectivity index (χ3n) is 2.18. The monoisotopic (exact) mass is 328 g/mol. The quantitative estimate of drug-likeness (QED) is 0.201. The van der Waals surface area contributed by atoms with Crippen molar-refractivity contribution in [1.29, 1.82) is 0 Å². The minimum atomic E-state index is -0.835. The van der Waals surface area contributed by atoms with Crippen molar-refractivity contribution in [3.63, 3.8) is 0 Å². The fourth-order valence-electron chi connectivity index (χ4n) is 1.38. The van der Waals surface area contributed by atoms with Crippen molar-refractivity contribution in [3.8, 4) is 0 Å². The van der Waals surface area contributed by atoms with Gasteiger partial charge in [-0.2, -0.15) is 0 Å². The molecule has 23 heavy (non-hydrogen) atoms. The fraction of sp³-hybridized carbons (Fsp3) is 0.571. The van der Waals surface area contributed by atoms with Crippen molar-refractivity contribution in [2.45, 2.75) is 45.3 Å². The molecule has 0 aromatic carbocycles. The number of hydrogen-bond donors (Lipinski definition) is 3. The highest BCUT2D eigenvalue weighted by Crippen LogP contribution is 2.11. The Balaban J connectivity index is 4.63. The Morgan fingerprint density at radius 2 is 2.04 bits per heavy atom. The average molecular weight is 328 g/mol. The Bertz CT molecular complexity index is 457. The maximum atomic E-state index is 11.4. The average Bonchev–Trinajstić information content (AvgIpc) is 2.44. The second-order valence-electron chi connectivity index (χ2n) is 5.51. The summed E-state index contributed by atoms with van der Waals surface area (Å²) in [7, 11) is 0. The number of primary amides is 1. The third-order valence-corrected chi connectivity index (χ3v) is 2.18. The lowest BCUT2D eigenvalue weighted by molar-refractivity contribution is -0.109. The van der Waals surface area contributed by atoms with Crippen LogP contribution in [0.15, 0.2) is 17.8 Å². The number of hydrazone groups is 1. The van der Waals surface area contributed by atoms with Gasteiger partial charge in [-0.1, -0.05) is 12.7 Å². The molecule has 0 aliphatic carbocycles. The number of alkyl carbamates (subject to hydrolysis) is 1. The largest absolute Gasteiger partial charge is 0.474 e. The molecule has 0 heterocycles. The summed E-state index contributed by atoms with van der Waals surface area (Å²) in [5, 5.41) is 6.13. The zero-order valence-corrected chi connectivity index (χ0v) is 13.6. The molecule has 0 aliphatic rings. The summed E-state index contributed by atoms with van der Waals surface area (Å²) < 4.78 is 10.3. The molecular formula is C14H24N4O5. The molecule has 3 amide bonds. The molecule has 0 bridgehead atoms. The van der Waals surface area contributed by atoms with E-state index >= 15 is 0 Å². The van der Waals surface area contributed by atoms with E-state index in [4.69, 9.17) is 15.2 Å². The van der Waals surface area contributed by atoms with Gasteiger partial charge in [0.1, 0.15) is 18.5 Å². The van der Waals surface area contributed by atoms with E-state index in [0.29, 0.717) is 6.29 Å². The molecule has 9 nitrogen and oxygen atoms in total. The molecule has 0 fully saturated rings. The maximum absolute atomic E-state index is 11.4. The van der Waals surface area contributed by atoms with Crippen LogP contribution in [0.3, 0.4) is 0 Å². The van der Waals surface area contributed by atoms with Gasteiger partial charge >= 0.3 is 12.1 Å². The number of carbonyl (C=O) groups excluding carboxylic acids is 3. The first kappa shape index (κ1) is 20.4. The van der Waals surface area contributed by atoms with Crippen LogP contribution in [0.4, 0.5) is 9.59 Å². The van der Waals surface area contributed by atoms with Gasteiger partial charge in [-0.3, -0.25) is 0 Å². The highest BCUT2D eigenvalue weighted by molar-refractivity contribution is 5.80. The molecule has 0 aromatic heterocycles. The summed E-state index contributed by atoms with van der Waals surface area (Å²) in [5.41, 5.74) is 6.47. The number of rotatable bonds is 8. The number of nitrogens with two attached hydrogens (primary N) is 1. The van der Waals surface area contributed by atoms with Crippen molar-refractivity contribution in [2.24, 2.45) is 10.8 Å². The normalized spacial score (nSPS) is 12.7. The summed E-state index contributed by atoms with van der Waals surface area (Å²) in [6.07, 6.45) is 1.66. The molecular weight excluding hydrogens is 304 g/mol. The Morgan fingerprint density at radius 1 is 1.39 bits per heavy atom. The molecule has 0 aliphatic heterocycles. The molecule has 1 atom stereocenters. The van der Waals surface area contributed by atoms with Crippen LogP contribution in [-0.2, 0) is 14.3 Å². The second-order valence-corrected chi connectivity index (χ2v) is 5.51. The molecule has 4 N–H and O–H groups in total. The smallest absolute Gasteiger partial charge is 0.408 e. The van der Waals surface area contributed by atoms with E-state index in [2.05, 4.69) is 22.4 Å². The SMILES string of the molecule is C=CCOC(=O)N[C@H](C=O)CCC(=NNC(N)=O)OC(C)(C)C. The van der Waals surface area contributed by atoms with Crippen molar-refractivity contribution in [1.82, 2.24) is 10.7 Å². The van der Waals surface area contributed by atoms with Crippen molar-refractivity contribution in [3.05, 3.63) is 12.7 Å². The van der Waals surface area contributed by atoms with Gasteiger partial charge in [-0.25, -0.2) is 15.0 Å². The molecule has 0 rings (SSSR count). The van der Waals surface area contributed by atoms with E-state index in [1.165, 1.54) is 6.08 Å². The molecule has 0 saturated heterocycles. The number of nitrogens with zero attached hydrogens (tertiary/aromatic N) is 1. The zero-order chi connectivity index (χ0) is 17.9. The van der Waals surface area contributed by atoms with Crippen LogP contribution in [0, 0.1) is 0 Å². The van der Waals surface area contributed by atoms with Crippen molar-refractivity contribution < 1.29 is 23.9 Å². The van der Waals surface area contributed by atoms with Crippen LogP contribution in [0.1, 0.15) is 33.6 Å². The molecule has 0 spiro atoms. The van der Waals surface area contributed by atoms with Crippen LogP contribution in [0.25, 0.3) is 0 Å². The zero-order valence-electron chi connectivity index (χ0n) is 13.6. The summed E-state index contributed by atoms with van der Waals surface area (Å²) in [6.45, 7) is 8.85. The van der Waals surface area contributed by atoms with Crippen LogP contribution < -0.4 is 16.5 Å². The van der Waals surface area contributed by atoms with Crippen LogP contribution in [0.5, 0.6) is 0 Å². The van der Waals surface area contributed by atoms with Crippen LogP contribution in [0.2, 0.25) is 0 Å². The number of ether oxygens (including phenoxy) is 2. The van der Waals surface area contributed by atoms with Gasteiger partial charge in [0, 0.05) is 6.42 Å². The van der Waals surface area contributed by atoms with E-state index in [9.17, 15) is 14.4 Å².